The molecule has 1 aliphatic carbocycles. The summed E-state index contributed by atoms with van der Waals surface area (Å²) < 4.78 is 11.8. The highest BCUT2D eigenvalue weighted by atomic mass is 16.5. The second-order valence-corrected chi connectivity index (χ2v) is 8.45. The molecular formula is C23H31N3O5. The number of amides is 1. The number of pyridine rings is 1. The Morgan fingerprint density at radius 3 is 2.55 bits per heavy atom. The minimum absolute atomic E-state index is 0.00637. The number of carbonyl (C=O) groups excluding carboxylic acids is 1. The molecule has 1 aromatic carbocycles. The number of aromatic carboxylic acids is 1. The molecule has 8 nitrogen and oxygen atoms in total. The smallest absolute Gasteiger partial charge is 0.339 e. The van der Waals surface area contributed by atoms with E-state index < -0.39 is 11.6 Å². The number of nitrogens with zero attached hydrogens (tertiary/aromatic N) is 1. The van der Waals surface area contributed by atoms with E-state index in [1.807, 2.05) is 13.0 Å². The van der Waals surface area contributed by atoms with Gasteiger partial charge in [-0.15, -0.1) is 0 Å². The number of nitrogens with one attached hydrogen (secondary N) is 1. The first kappa shape index (κ1) is 22.8. The summed E-state index contributed by atoms with van der Waals surface area (Å²) in [6, 6.07) is 5.49. The zero-order chi connectivity index (χ0) is 22.8. The molecule has 0 spiro atoms. The van der Waals surface area contributed by atoms with Crippen molar-refractivity contribution < 1.29 is 24.2 Å². The normalized spacial score (nSPS) is 19.2. The van der Waals surface area contributed by atoms with Gasteiger partial charge in [-0.25, -0.2) is 4.79 Å². The number of fused-ring (bicyclic) bond motifs is 1. The lowest BCUT2D eigenvalue weighted by Gasteiger charge is -2.32. The van der Waals surface area contributed by atoms with E-state index >= 15 is 0 Å². The Morgan fingerprint density at radius 1 is 1.26 bits per heavy atom. The molecule has 1 aliphatic rings. The first-order chi connectivity index (χ1) is 14.6. The molecule has 4 N–H and O–H groups in total. The van der Waals surface area contributed by atoms with Gasteiger partial charge in [0.25, 0.3) is 5.91 Å². The monoisotopic (exact) mass is 429 g/mol. The third-order valence-corrected chi connectivity index (χ3v) is 5.76. The largest absolute Gasteiger partial charge is 0.490 e. The van der Waals surface area contributed by atoms with E-state index in [2.05, 4.69) is 10.3 Å². The van der Waals surface area contributed by atoms with Crippen molar-refractivity contribution in [2.75, 3.05) is 12.3 Å². The summed E-state index contributed by atoms with van der Waals surface area (Å²) >= 11 is 0. The van der Waals surface area contributed by atoms with Crippen molar-refractivity contribution in [3.8, 4) is 5.75 Å². The SMILES string of the molecule is CCOC(C)(C)C(=O)N[C@H]1CC[C@H](Oc2cccc3nc(C)c(C(=O)O)c(N)c23)CC1. The zero-order valence-corrected chi connectivity index (χ0v) is 18.5. The van der Waals surface area contributed by atoms with Crippen LogP contribution < -0.4 is 15.8 Å². The van der Waals surface area contributed by atoms with Crippen molar-refractivity contribution in [1.82, 2.24) is 10.3 Å². The molecule has 0 radical (unpaired) electrons. The van der Waals surface area contributed by atoms with Gasteiger partial charge in [-0.1, -0.05) is 6.07 Å². The number of nitrogen functional groups attached to an aromatic ring is 1. The van der Waals surface area contributed by atoms with Crippen LogP contribution in [0.3, 0.4) is 0 Å². The van der Waals surface area contributed by atoms with Crippen LogP contribution in [-0.2, 0) is 9.53 Å². The van der Waals surface area contributed by atoms with Gasteiger partial charge in [-0.2, -0.15) is 0 Å². The second kappa shape index (κ2) is 9.09. The first-order valence-electron chi connectivity index (χ1n) is 10.7. The van der Waals surface area contributed by atoms with E-state index in [0.717, 1.165) is 25.7 Å². The molecule has 168 valence electrons. The van der Waals surface area contributed by atoms with Crippen LogP contribution >= 0.6 is 0 Å². The Labute approximate surface area is 182 Å². The molecule has 1 saturated carbocycles. The van der Waals surface area contributed by atoms with Crippen LogP contribution in [0.5, 0.6) is 5.75 Å². The fourth-order valence-corrected chi connectivity index (χ4v) is 4.10. The van der Waals surface area contributed by atoms with Gasteiger partial charge in [0.15, 0.2) is 0 Å². The summed E-state index contributed by atoms with van der Waals surface area (Å²) in [5, 5.41) is 13.1. The van der Waals surface area contributed by atoms with Crippen molar-refractivity contribution in [1.29, 1.82) is 0 Å². The topological polar surface area (TPSA) is 124 Å². The van der Waals surface area contributed by atoms with E-state index in [-0.39, 0.29) is 29.3 Å². The summed E-state index contributed by atoms with van der Waals surface area (Å²) in [5.41, 5.74) is 6.52. The predicted molar refractivity (Wildman–Crippen MR) is 118 cm³/mol. The number of carboxylic acid groups (broad SMARTS) is 1. The maximum absolute atomic E-state index is 12.5. The van der Waals surface area contributed by atoms with E-state index in [0.29, 0.717) is 29.0 Å². The molecule has 0 aliphatic heterocycles. The predicted octanol–water partition coefficient (Wildman–Crippen LogP) is 3.44. The van der Waals surface area contributed by atoms with Gasteiger partial charge in [0.1, 0.15) is 16.9 Å². The number of aryl methyl sites for hydroxylation is 1. The van der Waals surface area contributed by atoms with Crippen LogP contribution in [0.15, 0.2) is 18.2 Å². The summed E-state index contributed by atoms with van der Waals surface area (Å²) in [7, 11) is 0. The maximum atomic E-state index is 12.5. The zero-order valence-electron chi connectivity index (χ0n) is 18.5. The summed E-state index contributed by atoms with van der Waals surface area (Å²) in [6.45, 7) is 7.52. The number of rotatable bonds is 7. The molecule has 0 unspecified atom stereocenters. The van der Waals surface area contributed by atoms with Gasteiger partial charge in [-0.3, -0.25) is 9.78 Å². The third kappa shape index (κ3) is 4.90. The molecule has 1 aromatic heterocycles. The molecule has 3 rings (SSSR count). The van der Waals surface area contributed by atoms with Crippen LogP contribution in [0.4, 0.5) is 5.69 Å². The molecule has 1 heterocycles. The average molecular weight is 430 g/mol. The van der Waals surface area contributed by atoms with Gasteiger partial charge in [0, 0.05) is 12.6 Å². The molecule has 2 aromatic rings. The van der Waals surface area contributed by atoms with Gasteiger partial charge < -0.3 is 25.6 Å². The van der Waals surface area contributed by atoms with Crippen molar-refractivity contribution in [2.45, 2.75) is 71.1 Å². The fraction of sp³-hybridized carbons (Fsp3) is 0.522. The lowest BCUT2D eigenvalue weighted by Crippen LogP contribution is -2.49. The fourth-order valence-electron chi connectivity index (χ4n) is 4.10. The summed E-state index contributed by atoms with van der Waals surface area (Å²) in [6.07, 6.45) is 3.06. The average Bonchev–Trinajstić information content (AvgIpc) is 2.69. The van der Waals surface area contributed by atoms with Gasteiger partial charge in [0.2, 0.25) is 0 Å². The Hall–Kier alpha value is -2.87. The number of carbonyl (C=O) groups is 2. The Morgan fingerprint density at radius 2 is 1.94 bits per heavy atom. The van der Waals surface area contributed by atoms with Gasteiger partial charge in [0.05, 0.1) is 28.4 Å². The number of anilines is 1. The number of hydrogen-bond donors (Lipinski definition) is 3. The number of carboxylic acids is 1. The number of nitrogens with two attached hydrogens (primary N) is 1. The molecule has 0 atom stereocenters. The first-order valence-corrected chi connectivity index (χ1v) is 10.7. The second-order valence-electron chi connectivity index (χ2n) is 8.45. The lowest BCUT2D eigenvalue weighted by atomic mass is 9.92. The molecule has 0 bridgehead atoms. The van der Waals surface area contributed by atoms with E-state index in [1.165, 1.54) is 0 Å². The molecule has 8 heteroatoms. The van der Waals surface area contributed by atoms with Crippen molar-refractivity contribution in [2.24, 2.45) is 0 Å². The lowest BCUT2D eigenvalue weighted by molar-refractivity contribution is -0.143. The molecule has 1 fully saturated rings. The summed E-state index contributed by atoms with van der Waals surface area (Å²) in [5.74, 6) is -0.677. The third-order valence-electron chi connectivity index (χ3n) is 5.76. The van der Waals surface area contributed by atoms with Crippen LogP contribution in [0, 0.1) is 6.92 Å². The van der Waals surface area contributed by atoms with E-state index in [1.54, 1.807) is 32.9 Å². The highest BCUT2D eigenvalue weighted by Gasteiger charge is 2.32. The maximum Gasteiger partial charge on any atom is 0.339 e. The quantitative estimate of drug-likeness (QED) is 0.616. The summed E-state index contributed by atoms with van der Waals surface area (Å²) in [4.78, 5) is 28.5. The number of aromatic nitrogens is 1. The van der Waals surface area contributed by atoms with Crippen LogP contribution in [-0.4, -0.2) is 46.3 Å². The highest BCUT2D eigenvalue weighted by Crippen LogP contribution is 2.35. The Balaban J connectivity index is 1.70. The molecular weight excluding hydrogens is 398 g/mol. The highest BCUT2D eigenvalue weighted by molar-refractivity contribution is 6.06. The minimum Gasteiger partial charge on any atom is -0.490 e. The Kier molecular flexibility index (Phi) is 6.69. The van der Waals surface area contributed by atoms with Crippen molar-refractivity contribution in [3.63, 3.8) is 0 Å². The number of ether oxygens (including phenoxy) is 2. The number of hydrogen-bond acceptors (Lipinski definition) is 6. The van der Waals surface area contributed by atoms with Crippen molar-refractivity contribution >= 4 is 28.5 Å². The molecule has 31 heavy (non-hydrogen) atoms. The van der Waals surface area contributed by atoms with Crippen LogP contribution in [0.2, 0.25) is 0 Å². The van der Waals surface area contributed by atoms with Gasteiger partial charge >= 0.3 is 5.97 Å². The number of benzene rings is 1. The van der Waals surface area contributed by atoms with E-state index in [4.69, 9.17) is 15.2 Å². The van der Waals surface area contributed by atoms with Crippen LogP contribution in [0.25, 0.3) is 10.9 Å². The molecule has 0 saturated heterocycles. The minimum atomic E-state index is -1.11. The van der Waals surface area contributed by atoms with Gasteiger partial charge in [-0.05, 0) is 65.5 Å². The molecule has 1 amide bonds. The van der Waals surface area contributed by atoms with Crippen LogP contribution in [0.1, 0.15) is 62.5 Å². The Bertz CT molecular complexity index is 981. The standard InChI is InChI=1S/C23H31N3O5/c1-5-30-23(3,4)22(29)26-14-9-11-15(12-10-14)31-17-8-6-7-16-19(17)20(24)18(21(27)28)13(2)25-16/h6-8,14-15H,5,9-12H2,1-4H3,(H2,24,25)(H,26,29)(H,27,28)/t14-,15-. The van der Waals surface area contributed by atoms with E-state index in [9.17, 15) is 14.7 Å². The van der Waals surface area contributed by atoms with Crippen molar-refractivity contribution in [3.05, 3.63) is 29.5 Å².